The number of nitrogens with zero attached hydrogens (tertiary/aromatic N) is 1. The fourth-order valence-corrected chi connectivity index (χ4v) is 3.48. The zero-order valence-corrected chi connectivity index (χ0v) is 20.3. The van der Waals surface area contributed by atoms with Gasteiger partial charge < -0.3 is 20.9 Å². The van der Waals surface area contributed by atoms with E-state index in [9.17, 15) is 14.3 Å². The number of hydrogen-bond donors (Lipinski definition) is 3. The van der Waals surface area contributed by atoms with Gasteiger partial charge >= 0.3 is 5.97 Å². The Morgan fingerprint density at radius 2 is 2.03 bits per heavy atom. The van der Waals surface area contributed by atoms with Crippen molar-refractivity contribution in [1.29, 1.82) is 0 Å². The fourth-order valence-electron chi connectivity index (χ4n) is 3.48. The number of nitrogens with one attached hydrogen (secondary N) is 1. The highest BCUT2D eigenvalue weighted by atomic mass is 19.1. The second-order valence-electron chi connectivity index (χ2n) is 7.93. The molecule has 1 aromatic carbocycles. The van der Waals surface area contributed by atoms with Crippen LogP contribution in [0.2, 0.25) is 0 Å². The maximum absolute atomic E-state index is 13.8. The third kappa shape index (κ3) is 7.76. The van der Waals surface area contributed by atoms with Gasteiger partial charge in [-0.25, -0.2) is 14.2 Å². The Labute approximate surface area is 201 Å². The van der Waals surface area contributed by atoms with Crippen molar-refractivity contribution in [2.45, 2.75) is 53.5 Å². The van der Waals surface area contributed by atoms with Crippen LogP contribution < -0.4 is 11.1 Å². The Kier molecular flexibility index (Phi) is 10.3. The summed E-state index contributed by atoms with van der Waals surface area (Å²) < 4.78 is 19.8. The summed E-state index contributed by atoms with van der Waals surface area (Å²) in [6.45, 7) is 8.87. The van der Waals surface area contributed by atoms with Crippen LogP contribution in [-0.2, 0) is 11.3 Å². The molecule has 34 heavy (non-hydrogen) atoms. The van der Waals surface area contributed by atoms with Crippen molar-refractivity contribution in [2.75, 3.05) is 6.61 Å². The minimum atomic E-state index is -1.16. The predicted octanol–water partition coefficient (Wildman–Crippen LogP) is 5.76. The molecule has 0 aliphatic carbocycles. The van der Waals surface area contributed by atoms with Gasteiger partial charge in [0.05, 0.1) is 12.2 Å². The number of carboxylic acids is 1. The van der Waals surface area contributed by atoms with E-state index in [-0.39, 0.29) is 5.56 Å². The highest BCUT2D eigenvalue weighted by Gasteiger charge is 2.22. The molecule has 1 aliphatic rings. The largest absolute Gasteiger partial charge is 0.492 e. The molecular formula is C27H34FN3O3. The highest BCUT2D eigenvalue weighted by Crippen LogP contribution is 2.32. The van der Waals surface area contributed by atoms with Gasteiger partial charge in [0, 0.05) is 36.0 Å². The zero-order valence-electron chi connectivity index (χ0n) is 20.3. The van der Waals surface area contributed by atoms with E-state index in [4.69, 9.17) is 10.5 Å². The first-order chi connectivity index (χ1) is 16.3. The first kappa shape index (κ1) is 26.6. The first-order valence-electron chi connectivity index (χ1n) is 11.4. The molecule has 0 atom stereocenters. The van der Waals surface area contributed by atoms with Crippen molar-refractivity contribution in [3.63, 3.8) is 0 Å². The third-order valence-corrected chi connectivity index (χ3v) is 5.24. The zero-order chi connectivity index (χ0) is 25.1. The number of halogens is 1. The summed E-state index contributed by atoms with van der Waals surface area (Å²) in [5, 5.41) is 12.5. The van der Waals surface area contributed by atoms with Crippen molar-refractivity contribution >= 4 is 12.2 Å². The minimum absolute atomic E-state index is 0.0734. The summed E-state index contributed by atoms with van der Waals surface area (Å²) in [6.07, 6.45) is 12.0. The molecule has 0 radical (unpaired) electrons. The van der Waals surface area contributed by atoms with Gasteiger partial charge in [-0.05, 0) is 68.2 Å². The van der Waals surface area contributed by atoms with E-state index < -0.39 is 11.8 Å². The van der Waals surface area contributed by atoms with Crippen LogP contribution in [0.15, 0.2) is 81.5 Å². The molecule has 1 aliphatic heterocycles. The first-order valence-corrected chi connectivity index (χ1v) is 11.4. The molecule has 0 bridgehead atoms. The van der Waals surface area contributed by atoms with Crippen LogP contribution in [0, 0.1) is 5.82 Å². The van der Waals surface area contributed by atoms with Crippen LogP contribution >= 0.6 is 0 Å². The molecule has 4 N–H and O–H groups in total. The fraction of sp³-hybridized carbons (Fsp3) is 0.333. The average Bonchev–Trinajstić information content (AvgIpc) is 3.27. The molecule has 1 aromatic rings. The normalized spacial score (nSPS) is 17.9. The van der Waals surface area contributed by atoms with Crippen molar-refractivity contribution in [1.82, 2.24) is 5.32 Å². The Hall–Kier alpha value is -3.61. The van der Waals surface area contributed by atoms with Gasteiger partial charge in [-0.1, -0.05) is 26.0 Å². The van der Waals surface area contributed by atoms with Crippen LogP contribution in [0.3, 0.4) is 0 Å². The summed E-state index contributed by atoms with van der Waals surface area (Å²) in [5.74, 6) is -0.462. The Morgan fingerprint density at radius 3 is 2.71 bits per heavy atom. The van der Waals surface area contributed by atoms with E-state index in [2.05, 4.69) is 23.3 Å². The maximum Gasteiger partial charge on any atom is 0.335 e. The number of nitrogens with two attached hydrogens (primary N) is 1. The minimum Gasteiger partial charge on any atom is -0.492 e. The monoisotopic (exact) mass is 467 g/mol. The number of hydrogen-bond acceptors (Lipinski definition) is 5. The molecule has 1 saturated heterocycles. The van der Waals surface area contributed by atoms with E-state index in [1.54, 1.807) is 6.21 Å². The van der Waals surface area contributed by atoms with Gasteiger partial charge in [-0.2, -0.15) is 0 Å². The smallest absolute Gasteiger partial charge is 0.335 e. The number of allylic oxidation sites excluding steroid dienone is 8. The number of carboxylic acid groups (broad SMARTS) is 1. The van der Waals surface area contributed by atoms with Gasteiger partial charge in [0.25, 0.3) is 0 Å². The van der Waals surface area contributed by atoms with Gasteiger partial charge in [0.1, 0.15) is 17.4 Å². The van der Waals surface area contributed by atoms with Crippen LogP contribution in [-0.4, -0.2) is 23.9 Å². The van der Waals surface area contributed by atoms with E-state index in [1.807, 2.05) is 39.0 Å². The molecular weight excluding hydrogens is 433 g/mol. The van der Waals surface area contributed by atoms with Crippen LogP contribution in [0.5, 0.6) is 0 Å². The molecule has 1 fully saturated rings. The summed E-state index contributed by atoms with van der Waals surface area (Å²) >= 11 is 0. The van der Waals surface area contributed by atoms with Crippen molar-refractivity contribution in [2.24, 2.45) is 10.7 Å². The van der Waals surface area contributed by atoms with E-state index in [1.165, 1.54) is 12.1 Å². The van der Waals surface area contributed by atoms with E-state index in [0.717, 1.165) is 53.5 Å². The molecule has 0 saturated carbocycles. The molecule has 7 heteroatoms. The van der Waals surface area contributed by atoms with E-state index >= 15 is 0 Å². The lowest BCUT2D eigenvalue weighted by Gasteiger charge is -2.14. The lowest BCUT2D eigenvalue weighted by Crippen LogP contribution is -2.14. The van der Waals surface area contributed by atoms with Crippen molar-refractivity contribution < 1.29 is 19.0 Å². The number of aliphatic imine (C=N–C) groups is 1. The van der Waals surface area contributed by atoms with Crippen molar-refractivity contribution in [3.05, 3.63) is 93.4 Å². The van der Waals surface area contributed by atoms with Crippen LogP contribution in [0.4, 0.5) is 4.39 Å². The Bertz CT molecular complexity index is 1080. The number of ether oxygens (including phenoxy) is 1. The number of rotatable bonds is 10. The van der Waals surface area contributed by atoms with Gasteiger partial charge in [-0.3, -0.25) is 0 Å². The molecule has 2 rings (SSSR count). The highest BCUT2D eigenvalue weighted by molar-refractivity contribution is 5.87. The molecule has 6 nitrogen and oxygen atoms in total. The molecule has 0 aromatic heterocycles. The summed E-state index contributed by atoms with van der Waals surface area (Å²) in [5.41, 5.74) is 10.2. The van der Waals surface area contributed by atoms with Crippen LogP contribution in [0.25, 0.3) is 0 Å². The molecule has 0 unspecified atom stereocenters. The maximum atomic E-state index is 13.8. The van der Waals surface area contributed by atoms with Gasteiger partial charge in [0.2, 0.25) is 0 Å². The lowest BCUT2D eigenvalue weighted by molar-refractivity contribution is 0.0696. The number of carbonyl (C=O) groups is 1. The molecule has 0 amide bonds. The predicted molar refractivity (Wildman–Crippen MR) is 135 cm³/mol. The third-order valence-electron chi connectivity index (χ3n) is 5.24. The molecule has 0 spiro atoms. The summed E-state index contributed by atoms with van der Waals surface area (Å²) in [4.78, 5) is 15.5. The van der Waals surface area contributed by atoms with Crippen molar-refractivity contribution in [3.8, 4) is 0 Å². The average molecular weight is 468 g/mol. The number of benzene rings is 1. The molecule has 182 valence electrons. The second-order valence-corrected chi connectivity index (χ2v) is 7.93. The second kappa shape index (κ2) is 13.2. The number of aromatic carboxylic acids is 1. The Balaban J connectivity index is 2.36. The lowest BCUT2D eigenvalue weighted by atomic mass is 9.99. The van der Waals surface area contributed by atoms with E-state index in [0.29, 0.717) is 24.5 Å². The Morgan fingerprint density at radius 1 is 1.26 bits per heavy atom. The quantitative estimate of drug-likeness (QED) is 0.380. The van der Waals surface area contributed by atoms with Gasteiger partial charge in [0.15, 0.2) is 0 Å². The summed E-state index contributed by atoms with van der Waals surface area (Å²) in [6, 6.07) is 3.82. The SMILES string of the molecule is CC/C=C/C(=C1/OCC/C1=C(/C)NCc1cc(F)cc(C(=O)O)c1)C(/C)=C/C=N\C(N)=C\CC. The van der Waals surface area contributed by atoms with Gasteiger partial charge in [-0.15, -0.1) is 0 Å². The standard InChI is InChI=1S/C27H34FN3O3/c1-5-7-9-23(18(3)10-12-30-25(29)8-6-2)26-24(11-13-34-26)19(4)31-17-20-14-21(27(32)33)16-22(28)15-20/h7-10,12,14-16,31H,5-6,11,13,17,29H2,1-4H3,(H,32,33)/b9-7+,18-10+,24-19+,25-8+,26-23-,30-12-. The topological polar surface area (TPSA) is 96.9 Å². The van der Waals surface area contributed by atoms with Crippen LogP contribution in [0.1, 0.15) is 62.9 Å². The summed E-state index contributed by atoms with van der Waals surface area (Å²) in [7, 11) is 0. The molecule has 1 heterocycles.